The summed E-state index contributed by atoms with van der Waals surface area (Å²) in [4.78, 5) is 26.6. The van der Waals surface area contributed by atoms with Gasteiger partial charge < -0.3 is 15.5 Å². The van der Waals surface area contributed by atoms with Crippen LogP contribution in [0.15, 0.2) is 41.8 Å². The molecule has 5 nitrogen and oxygen atoms in total. The second-order valence-corrected chi connectivity index (χ2v) is 7.81. The lowest BCUT2D eigenvalue weighted by atomic mass is 9.95. The topological polar surface area (TPSA) is 66.0 Å². The standard InChI is InChI=1S/C21H29N3O2S/c1-5-15(2)16-8-10-17(11-9-16)21(18-7-6-12-27-18)23-13-20(26)24(4)14-19(25)22-3/h6-12,15,21,23H,5,13-14H2,1-4H3,(H,22,25)/p+1/t15-,21+/m0/s1. The van der Waals surface area contributed by atoms with Gasteiger partial charge in [0.1, 0.15) is 6.04 Å². The predicted octanol–water partition coefficient (Wildman–Crippen LogP) is 2.12. The van der Waals surface area contributed by atoms with Gasteiger partial charge in [-0.3, -0.25) is 9.59 Å². The molecule has 1 heterocycles. The van der Waals surface area contributed by atoms with Gasteiger partial charge in [-0.2, -0.15) is 0 Å². The molecule has 1 aromatic heterocycles. The Kier molecular flexibility index (Phi) is 8.00. The summed E-state index contributed by atoms with van der Waals surface area (Å²) >= 11 is 1.69. The van der Waals surface area contributed by atoms with E-state index in [-0.39, 0.29) is 24.4 Å². The van der Waals surface area contributed by atoms with Crippen LogP contribution in [0.25, 0.3) is 0 Å². The lowest BCUT2D eigenvalue weighted by molar-refractivity contribution is -0.676. The van der Waals surface area contributed by atoms with Crippen LogP contribution in [0.4, 0.5) is 0 Å². The van der Waals surface area contributed by atoms with Crippen molar-refractivity contribution in [1.82, 2.24) is 10.2 Å². The summed E-state index contributed by atoms with van der Waals surface area (Å²) in [6.07, 6.45) is 1.12. The van der Waals surface area contributed by atoms with Crippen molar-refractivity contribution in [1.29, 1.82) is 0 Å². The van der Waals surface area contributed by atoms with Crippen LogP contribution in [-0.2, 0) is 9.59 Å². The van der Waals surface area contributed by atoms with E-state index >= 15 is 0 Å². The fraction of sp³-hybridized carbons (Fsp3) is 0.429. The Morgan fingerprint density at radius 3 is 2.41 bits per heavy atom. The molecule has 0 unspecified atom stereocenters. The Balaban J connectivity index is 2.10. The van der Waals surface area contributed by atoms with Crippen molar-refractivity contribution in [3.8, 4) is 0 Å². The number of hydrogen-bond donors (Lipinski definition) is 2. The van der Waals surface area contributed by atoms with E-state index in [9.17, 15) is 9.59 Å². The number of nitrogens with two attached hydrogens (primary N) is 1. The van der Waals surface area contributed by atoms with Gasteiger partial charge in [0.2, 0.25) is 5.91 Å². The zero-order valence-corrected chi connectivity index (χ0v) is 17.4. The molecule has 0 bridgehead atoms. The smallest absolute Gasteiger partial charge is 0.277 e. The molecule has 0 spiro atoms. The van der Waals surface area contributed by atoms with Crippen LogP contribution >= 0.6 is 11.3 Å². The molecule has 6 heteroatoms. The zero-order chi connectivity index (χ0) is 19.8. The fourth-order valence-corrected chi connectivity index (χ4v) is 3.76. The maximum Gasteiger partial charge on any atom is 0.277 e. The molecule has 1 aromatic carbocycles. The number of carbonyl (C=O) groups is 2. The van der Waals surface area contributed by atoms with Crippen molar-refractivity contribution < 1.29 is 14.9 Å². The highest BCUT2D eigenvalue weighted by Gasteiger charge is 2.22. The molecular formula is C21H30N3O2S+. The highest BCUT2D eigenvalue weighted by Crippen LogP contribution is 2.25. The molecule has 146 valence electrons. The summed E-state index contributed by atoms with van der Waals surface area (Å²) in [5, 5.41) is 6.65. The molecular weight excluding hydrogens is 358 g/mol. The van der Waals surface area contributed by atoms with Crippen LogP contribution in [-0.4, -0.2) is 43.9 Å². The number of carbonyl (C=O) groups excluding carboxylic acids is 2. The third kappa shape index (κ3) is 5.91. The largest absolute Gasteiger partial charge is 0.358 e. The molecule has 0 radical (unpaired) electrons. The van der Waals surface area contributed by atoms with Crippen LogP contribution in [0.5, 0.6) is 0 Å². The first-order chi connectivity index (χ1) is 13.0. The number of thiophene rings is 1. The number of rotatable bonds is 9. The molecule has 0 saturated carbocycles. The zero-order valence-electron chi connectivity index (χ0n) is 16.6. The minimum atomic E-state index is -0.165. The summed E-state index contributed by atoms with van der Waals surface area (Å²) in [5.41, 5.74) is 2.53. The van der Waals surface area contributed by atoms with Gasteiger partial charge in [0.05, 0.1) is 11.4 Å². The molecule has 0 saturated heterocycles. The first kappa shape index (κ1) is 21.1. The number of likely N-dealkylation sites (N-methyl/N-ethyl adjacent to an activating group) is 2. The Morgan fingerprint density at radius 1 is 1.19 bits per heavy atom. The number of nitrogens with zero attached hydrogens (tertiary/aromatic N) is 1. The average molecular weight is 389 g/mol. The number of hydrogen-bond acceptors (Lipinski definition) is 3. The Morgan fingerprint density at radius 2 is 1.85 bits per heavy atom. The number of benzene rings is 1. The van der Waals surface area contributed by atoms with Gasteiger partial charge in [0.25, 0.3) is 5.91 Å². The summed E-state index contributed by atoms with van der Waals surface area (Å²) in [5.74, 6) is 0.320. The average Bonchev–Trinajstić information content (AvgIpc) is 3.22. The molecule has 0 aliphatic carbocycles. The third-order valence-corrected chi connectivity index (χ3v) is 5.90. The minimum absolute atomic E-state index is 0.0589. The quantitative estimate of drug-likeness (QED) is 0.691. The van der Waals surface area contributed by atoms with Crippen LogP contribution < -0.4 is 10.6 Å². The van der Waals surface area contributed by atoms with Crippen LogP contribution in [0, 0.1) is 0 Å². The molecule has 27 heavy (non-hydrogen) atoms. The number of quaternary nitrogens is 1. The molecule has 2 atom stereocenters. The first-order valence-corrected chi connectivity index (χ1v) is 10.2. The molecule has 2 aromatic rings. The Hall–Kier alpha value is -2.18. The fourth-order valence-electron chi connectivity index (χ4n) is 2.91. The van der Waals surface area contributed by atoms with E-state index in [4.69, 9.17) is 0 Å². The second kappa shape index (κ2) is 10.2. The first-order valence-electron chi connectivity index (χ1n) is 9.37. The normalized spacial score (nSPS) is 13.0. The molecule has 2 rings (SSSR count). The molecule has 0 aliphatic rings. The molecule has 3 N–H and O–H groups in total. The van der Waals surface area contributed by atoms with Gasteiger partial charge >= 0.3 is 0 Å². The van der Waals surface area contributed by atoms with Crippen LogP contribution in [0.3, 0.4) is 0 Å². The third-order valence-electron chi connectivity index (χ3n) is 4.94. The van der Waals surface area contributed by atoms with Gasteiger partial charge in [-0.1, -0.05) is 44.2 Å². The van der Waals surface area contributed by atoms with E-state index < -0.39 is 0 Å². The molecule has 0 aliphatic heterocycles. The summed E-state index contributed by atoms with van der Waals surface area (Å²) < 4.78 is 0. The monoisotopic (exact) mass is 388 g/mol. The van der Waals surface area contributed by atoms with Gasteiger partial charge in [0.15, 0.2) is 6.54 Å². The van der Waals surface area contributed by atoms with E-state index in [1.54, 1.807) is 25.4 Å². The molecule has 2 amide bonds. The van der Waals surface area contributed by atoms with Gasteiger partial charge in [-0.05, 0) is 29.3 Å². The van der Waals surface area contributed by atoms with Crippen molar-refractivity contribution in [2.75, 3.05) is 27.2 Å². The maximum atomic E-state index is 12.4. The van der Waals surface area contributed by atoms with E-state index in [0.717, 1.165) is 6.42 Å². The SMILES string of the molecule is CC[C@H](C)c1ccc([C@@H]([NH2+]CC(=O)N(C)CC(=O)NC)c2cccs2)cc1. The molecule has 0 fully saturated rings. The Labute approximate surface area is 165 Å². The summed E-state index contributed by atoms with van der Waals surface area (Å²) in [6.45, 7) is 4.81. The van der Waals surface area contributed by atoms with Crippen LogP contribution in [0.2, 0.25) is 0 Å². The van der Waals surface area contributed by atoms with E-state index in [0.29, 0.717) is 12.5 Å². The number of amides is 2. The predicted molar refractivity (Wildman–Crippen MR) is 110 cm³/mol. The van der Waals surface area contributed by atoms with E-state index in [1.807, 2.05) is 11.4 Å². The van der Waals surface area contributed by atoms with E-state index in [2.05, 4.69) is 54.9 Å². The van der Waals surface area contributed by atoms with Crippen molar-refractivity contribution in [2.24, 2.45) is 0 Å². The van der Waals surface area contributed by atoms with Gasteiger partial charge in [-0.25, -0.2) is 0 Å². The summed E-state index contributed by atoms with van der Waals surface area (Å²) in [6, 6.07) is 12.9. The van der Waals surface area contributed by atoms with Gasteiger partial charge in [0, 0.05) is 19.7 Å². The van der Waals surface area contributed by atoms with Crippen molar-refractivity contribution in [3.63, 3.8) is 0 Å². The van der Waals surface area contributed by atoms with Crippen molar-refractivity contribution in [3.05, 3.63) is 57.8 Å². The lowest BCUT2D eigenvalue weighted by Gasteiger charge is -2.19. The van der Waals surface area contributed by atoms with Crippen LogP contribution in [0.1, 0.15) is 48.2 Å². The van der Waals surface area contributed by atoms with Gasteiger partial charge in [-0.15, -0.1) is 11.3 Å². The van der Waals surface area contributed by atoms with Crippen molar-refractivity contribution >= 4 is 23.2 Å². The number of nitrogens with one attached hydrogen (secondary N) is 1. The highest BCUT2D eigenvalue weighted by atomic mass is 32.1. The van der Waals surface area contributed by atoms with E-state index in [1.165, 1.54) is 20.9 Å². The second-order valence-electron chi connectivity index (χ2n) is 6.83. The lowest BCUT2D eigenvalue weighted by Crippen LogP contribution is -2.87. The highest BCUT2D eigenvalue weighted by molar-refractivity contribution is 7.10. The maximum absolute atomic E-state index is 12.4. The van der Waals surface area contributed by atoms with Crippen molar-refractivity contribution in [2.45, 2.75) is 32.2 Å². The summed E-state index contributed by atoms with van der Waals surface area (Å²) in [7, 11) is 3.23. The Bertz CT molecular complexity index is 728. The minimum Gasteiger partial charge on any atom is -0.358 e.